The van der Waals surface area contributed by atoms with Gasteiger partial charge in [-0.15, -0.1) is 0 Å². The van der Waals surface area contributed by atoms with Crippen LogP contribution in [0.5, 0.6) is 0 Å². The Hall–Kier alpha value is -7.48. The third kappa shape index (κ3) is 5.94. The molecule has 3 aliphatic rings. The van der Waals surface area contributed by atoms with E-state index in [0.29, 0.717) is 0 Å². The molecule has 1 atom stereocenters. The molecule has 0 fully saturated rings. The van der Waals surface area contributed by atoms with Gasteiger partial charge in [0, 0.05) is 57.1 Å². The van der Waals surface area contributed by atoms with Gasteiger partial charge in [-0.1, -0.05) is 134 Å². The van der Waals surface area contributed by atoms with Crippen molar-refractivity contribution in [3.05, 3.63) is 230 Å². The summed E-state index contributed by atoms with van der Waals surface area (Å²) in [6, 6.07) is 76.6. The first kappa shape index (κ1) is 34.7. The third-order valence-corrected chi connectivity index (χ3v) is 12.2. The minimum atomic E-state index is 0.0539. The zero-order valence-corrected chi connectivity index (χ0v) is 32.8. The van der Waals surface area contributed by atoms with Crippen LogP contribution in [0.4, 0.5) is 45.5 Å². The molecule has 0 amide bonds. The standard InChI is InChI=1S/C55H40BN3/c1-39-37-43(41-19-8-3-9-20-41)31-36-50(39)57(46-32-29-42(30-33-46)40-17-6-2-7-18-40)47-34-35-49-54(38-47)59(45-23-12-5-13-24-45)53-28-16-27-52-55(53)56(49)48-25-14-15-26-51(48)58(52)44-21-10-4-11-22-44/h3-6,8-36,38-39H,37H2,1H3. The van der Waals surface area contributed by atoms with Crippen molar-refractivity contribution < 1.29 is 0 Å². The predicted molar refractivity (Wildman–Crippen MR) is 248 cm³/mol. The Kier molecular flexibility index (Phi) is 8.53. The predicted octanol–water partition coefficient (Wildman–Crippen LogP) is 12.2. The minimum Gasteiger partial charge on any atom is -0.314 e. The van der Waals surface area contributed by atoms with Crippen LogP contribution in [0.1, 0.15) is 18.9 Å². The van der Waals surface area contributed by atoms with Gasteiger partial charge < -0.3 is 14.7 Å². The molecule has 0 N–H and O–H groups in total. The Morgan fingerprint density at radius 1 is 0.508 bits per heavy atom. The molecule has 0 saturated heterocycles. The summed E-state index contributed by atoms with van der Waals surface area (Å²) in [7, 11) is 0. The lowest BCUT2D eigenvalue weighted by molar-refractivity contribution is 0.680. The van der Waals surface area contributed by atoms with E-state index in [0.717, 1.165) is 40.3 Å². The van der Waals surface area contributed by atoms with Crippen LogP contribution in [0.3, 0.4) is 0 Å². The normalized spacial score (nSPS) is 14.9. The van der Waals surface area contributed by atoms with Crippen molar-refractivity contribution >= 4 is 74.2 Å². The van der Waals surface area contributed by atoms with E-state index in [9.17, 15) is 0 Å². The van der Waals surface area contributed by atoms with Crippen molar-refractivity contribution in [2.45, 2.75) is 13.3 Å². The lowest BCUT2D eigenvalue weighted by Gasteiger charge is -2.44. The second kappa shape index (κ2) is 14.5. The highest BCUT2D eigenvalue weighted by Crippen LogP contribution is 2.46. The molecule has 0 radical (unpaired) electrons. The molecule has 3 nitrogen and oxygen atoms in total. The van der Waals surface area contributed by atoms with E-state index in [4.69, 9.17) is 0 Å². The molecule has 8 aromatic rings. The quantitative estimate of drug-likeness (QED) is 0.150. The SMILES string of the molecule is CC1CC(c2ccccc2)=CC=C1N(c1ccc(-c2cc#ccc2)cc1)c1ccc2c(c1)N(c1ccccc1)c1cccc3c1B2c1ccccc1N3c1ccccc1. The number of allylic oxidation sites excluding steroid dienone is 4. The highest BCUT2D eigenvalue weighted by atomic mass is 15.2. The number of hydrogen-bond donors (Lipinski definition) is 0. The van der Waals surface area contributed by atoms with E-state index in [2.05, 4.69) is 228 Å². The molecule has 8 aromatic carbocycles. The van der Waals surface area contributed by atoms with E-state index >= 15 is 0 Å². The van der Waals surface area contributed by atoms with Crippen molar-refractivity contribution in [2.75, 3.05) is 14.7 Å². The van der Waals surface area contributed by atoms with Gasteiger partial charge in [-0.25, -0.2) is 0 Å². The second-order valence-corrected chi connectivity index (χ2v) is 15.6. The maximum Gasteiger partial charge on any atom is 0.252 e. The topological polar surface area (TPSA) is 9.72 Å². The van der Waals surface area contributed by atoms with Gasteiger partial charge >= 0.3 is 0 Å². The number of nitrogens with zero attached hydrogens (tertiary/aromatic N) is 3. The van der Waals surface area contributed by atoms with Crippen LogP contribution in [0.2, 0.25) is 0 Å². The van der Waals surface area contributed by atoms with Crippen molar-refractivity contribution in [1.82, 2.24) is 0 Å². The van der Waals surface area contributed by atoms with Gasteiger partial charge in [0.15, 0.2) is 0 Å². The Morgan fingerprint density at radius 3 is 1.80 bits per heavy atom. The largest absolute Gasteiger partial charge is 0.314 e. The first-order valence-electron chi connectivity index (χ1n) is 20.5. The molecule has 11 rings (SSSR count). The summed E-state index contributed by atoms with van der Waals surface area (Å²) in [6.07, 6.45) is 5.62. The summed E-state index contributed by atoms with van der Waals surface area (Å²) in [5.41, 5.74) is 19.5. The second-order valence-electron chi connectivity index (χ2n) is 15.6. The Labute approximate surface area is 347 Å². The summed E-state index contributed by atoms with van der Waals surface area (Å²) in [4.78, 5) is 7.42. The molecule has 0 aromatic heterocycles. The van der Waals surface area contributed by atoms with E-state index in [-0.39, 0.29) is 12.6 Å². The van der Waals surface area contributed by atoms with Gasteiger partial charge in [-0.2, -0.15) is 0 Å². The highest BCUT2D eigenvalue weighted by molar-refractivity contribution is 7.00. The molecule has 1 aliphatic carbocycles. The van der Waals surface area contributed by atoms with Crippen molar-refractivity contribution in [3.63, 3.8) is 0 Å². The summed E-state index contributed by atoms with van der Waals surface area (Å²) in [5.74, 6) is 0.271. The van der Waals surface area contributed by atoms with Crippen molar-refractivity contribution in [1.29, 1.82) is 0 Å². The number of benzene rings is 7. The van der Waals surface area contributed by atoms with Gasteiger partial charge in [0.1, 0.15) is 0 Å². The molecule has 0 spiro atoms. The van der Waals surface area contributed by atoms with Crippen molar-refractivity contribution in [3.8, 4) is 11.1 Å². The van der Waals surface area contributed by atoms with Crippen molar-refractivity contribution in [2.24, 2.45) is 5.92 Å². The van der Waals surface area contributed by atoms with Gasteiger partial charge in [-0.05, 0) is 136 Å². The lowest BCUT2D eigenvalue weighted by atomic mass is 9.33. The maximum absolute atomic E-state index is 3.13. The zero-order chi connectivity index (χ0) is 39.3. The minimum absolute atomic E-state index is 0.0539. The van der Waals surface area contributed by atoms with E-state index < -0.39 is 0 Å². The van der Waals surface area contributed by atoms with E-state index in [1.165, 1.54) is 56.0 Å². The van der Waals surface area contributed by atoms with Gasteiger partial charge in [-0.3, -0.25) is 0 Å². The molecule has 59 heavy (non-hydrogen) atoms. The van der Waals surface area contributed by atoms with Crippen LogP contribution >= 0.6 is 0 Å². The zero-order valence-electron chi connectivity index (χ0n) is 32.8. The smallest absolute Gasteiger partial charge is 0.252 e. The molecule has 0 saturated carbocycles. The fourth-order valence-corrected chi connectivity index (χ4v) is 9.51. The van der Waals surface area contributed by atoms with Crippen LogP contribution in [-0.4, -0.2) is 6.71 Å². The average molecular weight is 754 g/mol. The van der Waals surface area contributed by atoms with E-state index in [1.54, 1.807) is 0 Å². The number of rotatable bonds is 7. The Bertz CT molecular complexity index is 2870. The molecule has 2 aliphatic heterocycles. The lowest BCUT2D eigenvalue weighted by Crippen LogP contribution is -2.61. The third-order valence-electron chi connectivity index (χ3n) is 12.2. The maximum atomic E-state index is 3.13. The fourth-order valence-electron chi connectivity index (χ4n) is 9.51. The summed E-state index contributed by atoms with van der Waals surface area (Å²) < 4.78 is 0. The molecule has 278 valence electrons. The average Bonchev–Trinajstić information content (AvgIpc) is 3.31. The molecule has 4 heteroatoms. The van der Waals surface area contributed by atoms with Gasteiger partial charge in [0.05, 0.1) is 0 Å². The molecular formula is C55H40BN3. The number of fused-ring (bicyclic) bond motifs is 4. The van der Waals surface area contributed by atoms with Gasteiger partial charge in [0.2, 0.25) is 0 Å². The van der Waals surface area contributed by atoms with Crippen LogP contribution in [-0.2, 0) is 0 Å². The first-order valence-corrected chi connectivity index (χ1v) is 20.5. The first-order chi connectivity index (χ1) is 29.2. The van der Waals surface area contributed by atoms with Crippen LogP contribution in [0, 0.1) is 18.1 Å². The monoisotopic (exact) mass is 753 g/mol. The van der Waals surface area contributed by atoms with Gasteiger partial charge in [0.25, 0.3) is 6.71 Å². The molecule has 2 heterocycles. The number of anilines is 8. The molecular weight excluding hydrogens is 713 g/mol. The molecule has 1 unspecified atom stereocenters. The number of para-hydroxylation sites is 3. The highest BCUT2D eigenvalue weighted by Gasteiger charge is 2.43. The van der Waals surface area contributed by atoms with Crippen LogP contribution in [0.15, 0.2) is 212 Å². The summed E-state index contributed by atoms with van der Waals surface area (Å²) in [6.45, 7) is 2.42. The summed E-state index contributed by atoms with van der Waals surface area (Å²) >= 11 is 0. The van der Waals surface area contributed by atoms with E-state index in [1.807, 2.05) is 12.1 Å². The Balaban J connectivity index is 1.12. The fraction of sp³-hybridized carbons (Fsp3) is 0.0545. The Morgan fingerprint density at radius 2 is 1.12 bits per heavy atom. The number of hydrogen-bond acceptors (Lipinski definition) is 3. The molecule has 0 bridgehead atoms. The van der Waals surface area contributed by atoms with Crippen LogP contribution < -0.4 is 31.1 Å². The summed E-state index contributed by atoms with van der Waals surface area (Å²) in [5, 5.41) is 0. The van der Waals surface area contributed by atoms with Crippen LogP contribution in [0.25, 0.3) is 16.7 Å².